The monoisotopic (exact) mass is 288 g/mol. The van der Waals surface area contributed by atoms with Crippen molar-refractivity contribution in [2.45, 2.75) is 65.0 Å². The van der Waals surface area contributed by atoms with Gasteiger partial charge >= 0.3 is 0 Å². The highest BCUT2D eigenvalue weighted by molar-refractivity contribution is 5.29. The molecular weight excluding hydrogens is 256 g/mol. The van der Waals surface area contributed by atoms with Gasteiger partial charge in [-0.05, 0) is 35.8 Å². The summed E-state index contributed by atoms with van der Waals surface area (Å²) in [5, 5.41) is 0. The normalized spacial score (nSPS) is 25.8. The van der Waals surface area contributed by atoms with Crippen molar-refractivity contribution >= 4 is 0 Å². The molecule has 2 N–H and O–H groups in total. The molecule has 1 heterocycles. The van der Waals surface area contributed by atoms with Crippen molar-refractivity contribution in [1.29, 1.82) is 0 Å². The standard InChI is InChI=1S/C19H32N2/c1-6-15-13-21(12-11-18(15)20)14(2)16-7-9-17(10-8-16)19(3,4)5/h7-10,14-15,18H,6,11-13,20H2,1-5H3. The lowest BCUT2D eigenvalue weighted by molar-refractivity contribution is 0.114. The van der Waals surface area contributed by atoms with Gasteiger partial charge in [-0.25, -0.2) is 0 Å². The van der Waals surface area contributed by atoms with Crippen molar-refractivity contribution < 1.29 is 0 Å². The Balaban J connectivity index is 2.08. The third kappa shape index (κ3) is 3.87. The van der Waals surface area contributed by atoms with Crippen LogP contribution in [0.4, 0.5) is 0 Å². The number of hydrogen-bond acceptors (Lipinski definition) is 2. The molecule has 0 amide bonds. The fourth-order valence-electron chi connectivity index (χ4n) is 3.33. The number of nitrogens with zero attached hydrogens (tertiary/aromatic N) is 1. The Labute approximate surface area is 130 Å². The minimum absolute atomic E-state index is 0.229. The van der Waals surface area contributed by atoms with E-state index in [9.17, 15) is 0 Å². The minimum Gasteiger partial charge on any atom is -0.327 e. The van der Waals surface area contributed by atoms with Crippen molar-refractivity contribution in [2.75, 3.05) is 13.1 Å². The average molecular weight is 288 g/mol. The van der Waals surface area contributed by atoms with Crippen molar-refractivity contribution in [1.82, 2.24) is 4.90 Å². The molecule has 1 aromatic carbocycles. The molecule has 0 saturated carbocycles. The van der Waals surface area contributed by atoms with E-state index in [4.69, 9.17) is 5.73 Å². The first-order valence-electron chi connectivity index (χ1n) is 8.43. The van der Waals surface area contributed by atoms with Gasteiger partial charge in [-0.2, -0.15) is 0 Å². The molecule has 1 fully saturated rings. The zero-order chi connectivity index (χ0) is 15.6. The second-order valence-electron chi connectivity index (χ2n) is 7.66. The minimum atomic E-state index is 0.229. The quantitative estimate of drug-likeness (QED) is 0.907. The van der Waals surface area contributed by atoms with Crippen molar-refractivity contribution in [2.24, 2.45) is 11.7 Å². The Hall–Kier alpha value is -0.860. The molecule has 1 saturated heterocycles. The maximum absolute atomic E-state index is 6.23. The maximum Gasteiger partial charge on any atom is 0.0320 e. The lowest BCUT2D eigenvalue weighted by Crippen LogP contribution is -2.47. The van der Waals surface area contributed by atoms with Gasteiger partial charge in [-0.15, -0.1) is 0 Å². The summed E-state index contributed by atoms with van der Waals surface area (Å²) in [6.45, 7) is 13.7. The molecule has 3 atom stereocenters. The highest BCUT2D eigenvalue weighted by Gasteiger charge is 2.28. The van der Waals surface area contributed by atoms with Crippen LogP contribution in [0, 0.1) is 5.92 Å². The summed E-state index contributed by atoms with van der Waals surface area (Å²) < 4.78 is 0. The van der Waals surface area contributed by atoms with Crippen LogP contribution in [0.3, 0.4) is 0 Å². The van der Waals surface area contributed by atoms with Crippen molar-refractivity contribution in [3.63, 3.8) is 0 Å². The van der Waals surface area contributed by atoms with Gasteiger partial charge in [0.25, 0.3) is 0 Å². The Morgan fingerprint density at radius 2 is 1.86 bits per heavy atom. The van der Waals surface area contributed by atoms with E-state index in [1.165, 1.54) is 17.5 Å². The largest absolute Gasteiger partial charge is 0.327 e. The summed E-state index contributed by atoms with van der Waals surface area (Å²) in [5.41, 5.74) is 9.29. The highest BCUT2D eigenvalue weighted by atomic mass is 15.2. The SMILES string of the molecule is CCC1CN(C(C)c2ccc(C(C)(C)C)cc2)CCC1N. The van der Waals surface area contributed by atoms with E-state index < -0.39 is 0 Å². The van der Waals surface area contributed by atoms with Crippen LogP contribution in [0.2, 0.25) is 0 Å². The maximum atomic E-state index is 6.23. The summed E-state index contributed by atoms with van der Waals surface area (Å²) >= 11 is 0. The van der Waals surface area contributed by atoms with Gasteiger partial charge in [0.05, 0.1) is 0 Å². The molecule has 2 rings (SSSR count). The molecule has 0 spiro atoms. The lowest BCUT2D eigenvalue weighted by atomic mass is 9.85. The summed E-state index contributed by atoms with van der Waals surface area (Å²) in [6, 6.07) is 10.1. The van der Waals surface area contributed by atoms with E-state index in [0.717, 1.165) is 19.5 Å². The Morgan fingerprint density at radius 3 is 2.38 bits per heavy atom. The number of piperidine rings is 1. The number of likely N-dealkylation sites (tertiary alicyclic amines) is 1. The second-order valence-corrected chi connectivity index (χ2v) is 7.66. The van der Waals surface area contributed by atoms with E-state index in [1.54, 1.807) is 0 Å². The van der Waals surface area contributed by atoms with Crippen LogP contribution < -0.4 is 5.73 Å². The van der Waals surface area contributed by atoms with Gasteiger partial charge in [-0.3, -0.25) is 4.90 Å². The predicted molar refractivity (Wildman–Crippen MR) is 91.5 cm³/mol. The van der Waals surface area contributed by atoms with Gasteiger partial charge in [0.1, 0.15) is 0 Å². The Morgan fingerprint density at radius 1 is 1.24 bits per heavy atom. The highest BCUT2D eigenvalue weighted by Crippen LogP contribution is 2.29. The fourth-order valence-corrected chi connectivity index (χ4v) is 3.33. The zero-order valence-corrected chi connectivity index (χ0v) is 14.4. The molecule has 3 unspecified atom stereocenters. The molecule has 2 heteroatoms. The first kappa shape index (κ1) is 16.5. The number of hydrogen-bond donors (Lipinski definition) is 1. The Bertz CT molecular complexity index is 444. The lowest BCUT2D eigenvalue weighted by Gasteiger charge is -2.40. The molecule has 1 aliphatic heterocycles. The summed E-state index contributed by atoms with van der Waals surface area (Å²) in [5.74, 6) is 0.648. The number of benzene rings is 1. The van der Waals surface area contributed by atoms with Crippen LogP contribution >= 0.6 is 0 Å². The van der Waals surface area contributed by atoms with Crippen LogP contribution in [0.1, 0.15) is 64.6 Å². The molecule has 0 bridgehead atoms. The van der Waals surface area contributed by atoms with E-state index in [-0.39, 0.29) is 5.41 Å². The zero-order valence-electron chi connectivity index (χ0n) is 14.4. The molecular formula is C19H32N2. The molecule has 1 aromatic rings. The molecule has 2 nitrogen and oxygen atoms in total. The van der Waals surface area contributed by atoms with Gasteiger partial charge in [0.15, 0.2) is 0 Å². The molecule has 118 valence electrons. The van der Waals surface area contributed by atoms with E-state index in [0.29, 0.717) is 18.0 Å². The number of nitrogens with two attached hydrogens (primary N) is 1. The van der Waals surface area contributed by atoms with Crippen LogP contribution in [-0.4, -0.2) is 24.0 Å². The van der Waals surface area contributed by atoms with Gasteiger partial charge < -0.3 is 5.73 Å². The van der Waals surface area contributed by atoms with Gasteiger partial charge in [-0.1, -0.05) is 58.4 Å². The summed E-state index contributed by atoms with van der Waals surface area (Å²) in [4.78, 5) is 2.60. The molecule has 0 aliphatic carbocycles. The van der Waals surface area contributed by atoms with E-state index in [2.05, 4.69) is 63.8 Å². The molecule has 21 heavy (non-hydrogen) atoms. The van der Waals surface area contributed by atoms with Gasteiger partial charge in [0, 0.05) is 25.2 Å². The smallest absolute Gasteiger partial charge is 0.0320 e. The second kappa shape index (κ2) is 6.50. The first-order valence-corrected chi connectivity index (χ1v) is 8.43. The van der Waals surface area contributed by atoms with Crippen molar-refractivity contribution in [3.8, 4) is 0 Å². The molecule has 0 radical (unpaired) electrons. The van der Waals surface area contributed by atoms with Gasteiger partial charge in [0.2, 0.25) is 0 Å². The van der Waals surface area contributed by atoms with Crippen molar-refractivity contribution in [3.05, 3.63) is 35.4 Å². The molecule has 1 aliphatic rings. The van der Waals surface area contributed by atoms with Crippen LogP contribution in [0.15, 0.2) is 24.3 Å². The van der Waals surface area contributed by atoms with Crippen LogP contribution in [0.5, 0.6) is 0 Å². The summed E-state index contributed by atoms with van der Waals surface area (Å²) in [7, 11) is 0. The number of rotatable bonds is 3. The first-order chi connectivity index (χ1) is 9.82. The predicted octanol–water partition coefficient (Wildman–Crippen LogP) is 4.10. The topological polar surface area (TPSA) is 29.3 Å². The van der Waals surface area contributed by atoms with E-state index >= 15 is 0 Å². The average Bonchev–Trinajstić information content (AvgIpc) is 2.46. The fraction of sp³-hybridized carbons (Fsp3) is 0.684. The third-order valence-corrected chi connectivity index (χ3v) is 5.16. The summed E-state index contributed by atoms with van der Waals surface area (Å²) in [6.07, 6.45) is 2.32. The molecule has 0 aromatic heterocycles. The van der Waals surface area contributed by atoms with Crippen LogP contribution in [-0.2, 0) is 5.41 Å². The third-order valence-electron chi connectivity index (χ3n) is 5.16. The van der Waals surface area contributed by atoms with E-state index in [1.807, 2.05) is 0 Å². The Kier molecular flexibility index (Phi) is 5.11. The van der Waals surface area contributed by atoms with Crippen LogP contribution in [0.25, 0.3) is 0 Å².